The lowest BCUT2D eigenvalue weighted by atomic mass is 10.1. The van der Waals surface area contributed by atoms with Crippen LogP contribution in [0.4, 0.5) is 11.6 Å². The van der Waals surface area contributed by atoms with Gasteiger partial charge in [-0.1, -0.05) is 20.3 Å². The zero-order valence-electron chi connectivity index (χ0n) is 11.9. The van der Waals surface area contributed by atoms with Crippen LogP contribution < -0.4 is 10.6 Å². The van der Waals surface area contributed by atoms with E-state index in [-0.39, 0.29) is 0 Å². The second-order valence-corrected chi connectivity index (χ2v) is 5.58. The van der Waals surface area contributed by atoms with Gasteiger partial charge in [-0.05, 0) is 25.7 Å². The van der Waals surface area contributed by atoms with Gasteiger partial charge in [0.1, 0.15) is 17.5 Å². The van der Waals surface area contributed by atoms with Gasteiger partial charge in [0.2, 0.25) is 0 Å². The van der Waals surface area contributed by atoms with E-state index in [0.717, 1.165) is 23.8 Å². The van der Waals surface area contributed by atoms with Crippen molar-refractivity contribution in [1.82, 2.24) is 9.97 Å². The summed E-state index contributed by atoms with van der Waals surface area (Å²) >= 11 is 0. The molecule has 1 fully saturated rings. The first-order valence-corrected chi connectivity index (χ1v) is 6.88. The Labute approximate surface area is 110 Å². The minimum atomic E-state index is 0.545. The third kappa shape index (κ3) is 2.74. The number of nitrogens with zero attached hydrogens (tertiary/aromatic N) is 3. The van der Waals surface area contributed by atoms with Crippen molar-refractivity contribution >= 4 is 11.6 Å². The van der Waals surface area contributed by atoms with Crippen LogP contribution in [0.2, 0.25) is 0 Å². The number of nitrogens with two attached hydrogens (primary N) is 1. The summed E-state index contributed by atoms with van der Waals surface area (Å²) in [7, 11) is 2.09. The Kier molecular flexibility index (Phi) is 3.73. The highest BCUT2D eigenvalue weighted by Gasteiger charge is 2.28. The first kappa shape index (κ1) is 13.1. The van der Waals surface area contributed by atoms with Gasteiger partial charge in [0.25, 0.3) is 0 Å². The smallest absolute Gasteiger partial charge is 0.137 e. The summed E-state index contributed by atoms with van der Waals surface area (Å²) in [5, 5.41) is 0. The van der Waals surface area contributed by atoms with Crippen molar-refractivity contribution in [2.45, 2.75) is 46.0 Å². The third-order valence-corrected chi connectivity index (χ3v) is 3.76. The molecule has 0 aliphatic heterocycles. The van der Waals surface area contributed by atoms with E-state index in [4.69, 9.17) is 10.7 Å². The van der Waals surface area contributed by atoms with Crippen molar-refractivity contribution in [2.24, 2.45) is 5.92 Å². The van der Waals surface area contributed by atoms with Crippen molar-refractivity contribution < 1.29 is 0 Å². The predicted molar refractivity (Wildman–Crippen MR) is 75.9 cm³/mol. The van der Waals surface area contributed by atoms with Crippen LogP contribution in [0, 0.1) is 12.8 Å². The molecule has 4 heteroatoms. The Morgan fingerprint density at radius 1 is 1.39 bits per heavy atom. The normalized spacial score (nSPS) is 16.7. The quantitative estimate of drug-likeness (QED) is 0.870. The zero-order valence-corrected chi connectivity index (χ0v) is 11.9. The molecule has 1 aromatic rings. The van der Waals surface area contributed by atoms with E-state index in [1.807, 2.05) is 6.92 Å². The van der Waals surface area contributed by atoms with Gasteiger partial charge in [0.15, 0.2) is 0 Å². The maximum atomic E-state index is 6.01. The van der Waals surface area contributed by atoms with E-state index < -0.39 is 0 Å². The SMILES string of the molecule is CCC(C)CN(C)c1nc(C2CC2)nc(N)c1C. The molecule has 18 heavy (non-hydrogen) atoms. The topological polar surface area (TPSA) is 55.0 Å². The maximum Gasteiger partial charge on any atom is 0.137 e. The third-order valence-electron chi connectivity index (χ3n) is 3.76. The Morgan fingerprint density at radius 2 is 2.06 bits per heavy atom. The largest absolute Gasteiger partial charge is 0.383 e. The van der Waals surface area contributed by atoms with Crippen LogP contribution in [0.15, 0.2) is 0 Å². The number of aromatic nitrogens is 2. The van der Waals surface area contributed by atoms with Crippen molar-refractivity contribution in [1.29, 1.82) is 0 Å². The molecule has 1 aliphatic rings. The molecule has 100 valence electrons. The van der Waals surface area contributed by atoms with Gasteiger partial charge in [-0.3, -0.25) is 0 Å². The van der Waals surface area contributed by atoms with Crippen LogP contribution in [-0.4, -0.2) is 23.6 Å². The molecule has 2 N–H and O–H groups in total. The minimum absolute atomic E-state index is 0.545. The molecule has 1 saturated carbocycles. The number of hydrogen-bond donors (Lipinski definition) is 1. The second-order valence-electron chi connectivity index (χ2n) is 5.58. The Bertz CT molecular complexity index is 426. The number of nitrogen functional groups attached to an aromatic ring is 1. The lowest BCUT2D eigenvalue weighted by molar-refractivity contribution is 0.556. The average Bonchev–Trinajstić information content (AvgIpc) is 3.16. The van der Waals surface area contributed by atoms with E-state index in [0.29, 0.717) is 17.7 Å². The Hall–Kier alpha value is -1.32. The highest BCUT2D eigenvalue weighted by atomic mass is 15.2. The van der Waals surface area contributed by atoms with Gasteiger partial charge < -0.3 is 10.6 Å². The fraction of sp³-hybridized carbons (Fsp3) is 0.714. The number of anilines is 2. The molecule has 0 bridgehead atoms. The zero-order chi connectivity index (χ0) is 13.3. The molecule has 0 amide bonds. The molecule has 0 saturated heterocycles. The van der Waals surface area contributed by atoms with E-state index >= 15 is 0 Å². The lowest BCUT2D eigenvalue weighted by Crippen LogP contribution is -2.26. The molecular weight excluding hydrogens is 224 g/mol. The van der Waals surface area contributed by atoms with Gasteiger partial charge in [-0.25, -0.2) is 9.97 Å². The monoisotopic (exact) mass is 248 g/mol. The van der Waals surface area contributed by atoms with Crippen molar-refractivity contribution in [2.75, 3.05) is 24.2 Å². The average molecular weight is 248 g/mol. The summed E-state index contributed by atoms with van der Waals surface area (Å²) in [6.07, 6.45) is 3.59. The standard InChI is InChI=1S/C14H24N4/c1-5-9(2)8-18(4)14-10(3)12(15)16-13(17-14)11-6-7-11/h9,11H,5-8H2,1-4H3,(H2,15,16,17). The fourth-order valence-electron chi connectivity index (χ4n) is 2.12. The molecule has 1 aliphatic carbocycles. The van der Waals surface area contributed by atoms with Crippen molar-refractivity contribution in [3.8, 4) is 0 Å². The second kappa shape index (κ2) is 5.12. The maximum absolute atomic E-state index is 6.01. The van der Waals surface area contributed by atoms with E-state index in [1.54, 1.807) is 0 Å². The molecule has 0 radical (unpaired) electrons. The number of hydrogen-bond acceptors (Lipinski definition) is 4. The van der Waals surface area contributed by atoms with Gasteiger partial charge >= 0.3 is 0 Å². The first-order chi connectivity index (χ1) is 8.52. The van der Waals surface area contributed by atoms with Gasteiger partial charge in [0.05, 0.1) is 0 Å². The van der Waals surface area contributed by atoms with Crippen LogP contribution >= 0.6 is 0 Å². The Balaban J connectivity index is 2.24. The van der Waals surface area contributed by atoms with Crippen LogP contribution in [0.3, 0.4) is 0 Å². The van der Waals surface area contributed by atoms with Crippen LogP contribution in [0.1, 0.15) is 50.4 Å². The summed E-state index contributed by atoms with van der Waals surface area (Å²) in [5.74, 6) is 3.78. The van der Waals surface area contributed by atoms with Crippen LogP contribution in [-0.2, 0) is 0 Å². The highest BCUT2D eigenvalue weighted by molar-refractivity contribution is 5.56. The summed E-state index contributed by atoms with van der Waals surface area (Å²) in [4.78, 5) is 11.3. The number of rotatable bonds is 5. The van der Waals surface area contributed by atoms with Gasteiger partial charge in [0, 0.05) is 25.1 Å². The van der Waals surface area contributed by atoms with Gasteiger partial charge in [-0.2, -0.15) is 0 Å². The summed E-state index contributed by atoms with van der Waals surface area (Å²) in [5.41, 5.74) is 7.02. The molecule has 1 aromatic heterocycles. The Morgan fingerprint density at radius 3 is 2.61 bits per heavy atom. The summed E-state index contributed by atoms with van der Waals surface area (Å²) in [6.45, 7) is 7.50. The molecule has 0 aromatic carbocycles. The van der Waals surface area contributed by atoms with Crippen LogP contribution in [0.25, 0.3) is 0 Å². The summed E-state index contributed by atoms with van der Waals surface area (Å²) < 4.78 is 0. The van der Waals surface area contributed by atoms with E-state index in [9.17, 15) is 0 Å². The summed E-state index contributed by atoms with van der Waals surface area (Å²) in [6, 6.07) is 0. The molecule has 2 rings (SSSR count). The fourth-order valence-corrected chi connectivity index (χ4v) is 2.12. The van der Waals surface area contributed by atoms with Crippen molar-refractivity contribution in [3.63, 3.8) is 0 Å². The lowest BCUT2D eigenvalue weighted by Gasteiger charge is -2.24. The highest BCUT2D eigenvalue weighted by Crippen LogP contribution is 2.39. The van der Waals surface area contributed by atoms with Crippen molar-refractivity contribution in [3.05, 3.63) is 11.4 Å². The first-order valence-electron chi connectivity index (χ1n) is 6.88. The predicted octanol–water partition coefficient (Wildman–Crippen LogP) is 2.73. The minimum Gasteiger partial charge on any atom is -0.383 e. The van der Waals surface area contributed by atoms with E-state index in [2.05, 4.69) is 30.8 Å². The molecule has 1 atom stereocenters. The van der Waals surface area contributed by atoms with Crippen LogP contribution in [0.5, 0.6) is 0 Å². The molecule has 4 nitrogen and oxygen atoms in total. The van der Waals surface area contributed by atoms with Gasteiger partial charge in [-0.15, -0.1) is 0 Å². The molecule has 1 heterocycles. The molecule has 0 spiro atoms. The molecular formula is C14H24N4. The molecule has 1 unspecified atom stereocenters. The van der Waals surface area contributed by atoms with E-state index in [1.165, 1.54) is 19.3 Å².